The average molecular weight is 297 g/mol. The van der Waals surface area contributed by atoms with Crippen LogP contribution >= 0.6 is 22.5 Å². The molecule has 19 heavy (non-hydrogen) atoms. The van der Waals surface area contributed by atoms with E-state index in [-0.39, 0.29) is 6.42 Å². The Hall–Kier alpha value is -1.54. The summed E-state index contributed by atoms with van der Waals surface area (Å²) in [5, 5.41) is 2.06. The highest BCUT2D eigenvalue weighted by molar-refractivity contribution is 8.69. The molecule has 2 rings (SSSR count). The predicted octanol–water partition coefficient (Wildman–Crippen LogP) is 0.0132. The van der Waals surface area contributed by atoms with Crippen molar-refractivity contribution >= 4 is 40.2 Å². The first-order chi connectivity index (χ1) is 9.01. The highest BCUT2D eigenvalue weighted by Gasteiger charge is 2.51. The first-order valence-electron chi connectivity index (χ1n) is 5.36. The number of nitrogens with zero attached hydrogens (tertiary/aromatic N) is 2. The van der Waals surface area contributed by atoms with E-state index in [0.717, 1.165) is 21.3 Å². The number of likely N-dealkylation sites (N-methyl/N-ethyl adjacent to an activating group) is 1. The summed E-state index contributed by atoms with van der Waals surface area (Å²) in [6.07, 6.45) is 3.44. The van der Waals surface area contributed by atoms with Crippen molar-refractivity contribution in [3.63, 3.8) is 0 Å². The van der Waals surface area contributed by atoms with Crippen LogP contribution in [0.3, 0.4) is 0 Å². The van der Waals surface area contributed by atoms with Crippen molar-refractivity contribution in [2.24, 2.45) is 0 Å². The summed E-state index contributed by atoms with van der Waals surface area (Å²) in [4.78, 5) is 39.0. The number of nitrogens with one attached hydrogen (secondary N) is 1. The minimum Gasteiger partial charge on any atom is -0.313 e. The van der Waals surface area contributed by atoms with Crippen LogP contribution in [0.5, 0.6) is 0 Å². The zero-order valence-corrected chi connectivity index (χ0v) is 11.7. The number of carbonyl (C=O) groups excluding carboxylic acids is 3. The molecule has 6 nitrogen and oxygen atoms in total. The Balaban J connectivity index is 2.38. The smallest absolute Gasteiger partial charge is 0.313 e. The molecule has 0 spiro atoms. The highest BCUT2D eigenvalue weighted by Crippen LogP contribution is 2.37. The standard InChI is InChI=1S/C11H11N3O3S2/c1-14-9(16)8(15)13-10(17)11(14,19-18)5-7-3-2-4-12-6-7/h2-4,6,18H,5H2,1H3,(H,13,15,17). The van der Waals surface area contributed by atoms with Gasteiger partial charge in [-0.1, -0.05) is 16.9 Å². The number of hydrogen-bond acceptors (Lipinski definition) is 6. The van der Waals surface area contributed by atoms with Crippen molar-refractivity contribution in [2.45, 2.75) is 11.3 Å². The molecule has 0 radical (unpaired) electrons. The van der Waals surface area contributed by atoms with E-state index in [0.29, 0.717) is 0 Å². The second kappa shape index (κ2) is 5.22. The van der Waals surface area contributed by atoms with Gasteiger partial charge in [0.2, 0.25) is 0 Å². The fourth-order valence-corrected chi connectivity index (χ4v) is 3.22. The van der Waals surface area contributed by atoms with Crippen molar-refractivity contribution in [1.29, 1.82) is 0 Å². The lowest BCUT2D eigenvalue weighted by atomic mass is 10.0. The van der Waals surface area contributed by atoms with Gasteiger partial charge < -0.3 is 4.90 Å². The molecule has 2 heterocycles. The van der Waals surface area contributed by atoms with Crippen molar-refractivity contribution in [3.8, 4) is 0 Å². The zero-order valence-electron chi connectivity index (χ0n) is 9.99. The van der Waals surface area contributed by atoms with Crippen molar-refractivity contribution < 1.29 is 14.4 Å². The topological polar surface area (TPSA) is 79.4 Å². The number of pyridine rings is 1. The SMILES string of the molecule is CN1C(=O)C(=O)NC(=O)C1(Cc1cccnc1)SS. The van der Waals surface area contributed by atoms with Gasteiger partial charge in [0.15, 0.2) is 4.87 Å². The monoisotopic (exact) mass is 297 g/mol. The highest BCUT2D eigenvalue weighted by atomic mass is 33.1. The molecule has 8 heteroatoms. The third-order valence-corrected chi connectivity index (χ3v) is 4.75. The Kier molecular flexibility index (Phi) is 3.81. The summed E-state index contributed by atoms with van der Waals surface area (Å²) in [5.74, 6) is -2.23. The van der Waals surface area contributed by atoms with Gasteiger partial charge in [0.25, 0.3) is 5.91 Å². The molecule has 3 amide bonds. The van der Waals surface area contributed by atoms with Gasteiger partial charge in [-0.3, -0.25) is 24.7 Å². The van der Waals surface area contributed by atoms with Crippen LogP contribution in [0.4, 0.5) is 0 Å². The number of piperazine rings is 1. The maximum Gasteiger partial charge on any atom is 0.316 e. The maximum atomic E-state index is 12.1. The Labute approximate surface area is 118 Å². The number of aromatic nitrogens is 1. The van der Waals surface area contributed by atoms with Crippen LogP contribution in [0, 0.1) is 0 Å². The van der Waals surface area contributed by atoms with Gasteiger partial charge in [-0.2, -0.15) is 0 Å². The van der Waals surface area contributed by atoms with Gasteiger partial charge in [-0.15, -0.1) is 11.7 Å². The molecule has 1 fully saturated rings. The van der Waals surface area contributed by atoms with Crippen LogP contribution in [-0.4, -0.2) is 39.5 Å². The van der Waals surface area contributed by atoms with Gasteiger partial charge in [0, 0.05) is 25.9 Å². The largest absolute Gasteiger partial charge is 0.316 e. The Bertz CT molecular complexity index is 537. The molecule has 0 aromatic carbocycles. The fraction of sp³-hybridized carbons (Fsp3) is 0.273. The molecule has 0 saturated carbocycles. The minimum absolute atomic E-state index is 0.219. The van der Waals surface area contributed by atoms with E-state index in [1.165, 1.54) is 7.05 Å². The Morgan fingerprint density at radius 1 is 1.47 bits per heavy atom. The van der Waals surface area contributed by atoms with Gasteiger partial charge in [0.05, 0.1) is 0 Å². The van der Waals surface area contributed by atoms with Gasteiger partial charge >= 0.3 is 11.8 Å². The first-order valence-corrected chi connectivity index (χ1v) is 7.23. The predicted molar refractivity (Wildman–Crippen MR) is 73.2 cm³/mol. The number of thiol groups is 1. The molecule has 0 bridgehead atoms. The first kappa shape index (κ1) is 13.9. The number of amides is 3. The molecule has 1 saturated heterocycles. The fourth-order valence-electron chi connectivity index (χ4n) is 1.84. The van der Waals surface area contributed by atoms with Crippen LogP contribution in [0.2, 0.25) is 0 Å². The molecular formula is C11H11N3O3S2. The number of carbonyl (C=O) groups is 3. The quantitative estimate of drug-likeness (QED) is 0.356. The van der Waals surface area contributed by atoms with Crippen LogP contribution in [0.1, 0.15) is 5.56 Å². The van der Waals surface area contributed by atoms with E-state index in [1.807, 2.05) is 0 Å². The lowest BCUT2D eigenvalue weighted by Crippen LogP contribution is -2.67. The summed E-state index contributed by atoms with van der Waals surface area (Å²) in [6, 6.07) is 3.53. The third kappa shape index (κ3) is 2.33. The summed E-state index contributed by atoms with van der Waals surface area (Å²) in [5.41, 5.74) is 0.771. The van der Waals surface area contributed by atoms with Crippen LogP contribution in [-0.2, 0) is 20.8 Å². The second-order valence-corrected chi connectivity index (χ2v) is 5.47. The normalized spacial score (nSPS) is 23.5. The number of rotatable bonds is 3. The average Bonchev–Trinajstić information content (AvgIpc) is 2.42. The van der Waals surface area contributed by atoms with Crippen LogP contribution in [0.25, 0.3) is 0 Å². The second-order valence-electron chi connectivity index (χ2n) is 4.06. The van der Waals surface area contributed by atoms with Gasteiger partial charge in [-0.05, 0) is 11.6 Å². The summed E-state index contributed by atoms with van der Waals surface area (Å²) >= 11 is 4.10. The van der Waals surface area contributed by atoms with E-state index < -0.39 is 22.6 Å². The molecule has 1 unspecified atom stereocenters. The van der Waals surface area contributed by atoms with Crippen LogP contribution < -0.4 is 5.32 Å². The molecule has 1 aromatic rings. The third-order valence-electron chi connectivity index (χ3n) is 2.94. The van der Waals surface area contributed by atoms with Gasteiger partial charge in [0.1, 0.15) is 0 Å². The van der Waals surface area contributed by atoms with Crippen molar-refractivity contribution in [2.75, 3.05) is 7.05 Å². The molecule has 1 aliphatic heterocycles. The van der Waals surface area contributed by atoms with Crippen molar-refractivity contribution in [3.05, 3.63) is 30.1 Å². The number of hydrogen-bond donors (Lipinski definition) is 2. The number of imide groups is 1. The van der Waals surface area contributed by atoms with Crippen molar-refractivity contribution in [1.82, 2.24) is 15.2 Å². The lowest BCUT2D eigenvalue weighted by molar-refractivity contribution is -0.156. The zero-order chi connectivity index (χ0) is 14.0. The minimum atomic E-state index is -1.25. The molecule has 1 atom stereocenters. The summed E-state index contributed by atoms with van der Waals surface area (Å²) in [7, 11) is 2.33. The molecule has 1 N–H and O–H groups in total. The Morgan fingerprint density at radius 2 is 2.21 bits per heavy atom. The van der Waals surface area contributed by atoms with E-state index in [9.17, 15) is 14.4 Å². The molecule has 1 aromatic heterocycles. The molecule has 0 aliphatic carbocycles. The van der Waals surface area contributed by atoms with E-state index in [4.69, 9.17) is 0 Å². The summed E-state index contributed by atoms with van der Waals surface area (Å²) < 4.78 is 0. The maximum absolute atomic E-state index is 12.1. The van der Waals surface area contributed by atoms with Gasteiger partial charge in [-0.25, -0.2) is 0 Å². The van der Waals surface area contributed by atoms with Crippen LogP contribution in [0.15, 0.2) is 24.5 Å². The van der Waals surface area contributed by atoms with E-state index >= 15 is 0 Å². The molecule has 1 aliphatic rings. The summed E-state index contributed by atoms with van der Waals surface area (Å²) in [6.45, 7) is 0. The lowest BCUT2D eigenvalue weighted by Gasteiger charge is -2.40. The Morgan fingerprint density at radius 3 is 2.79 bits per heavy atom. The van der Waals surface area contributed by atoms with E-state index in [2.05, 4.69) is 22.0 Å². The van der Waals surface area contributed by atoms with E-state index in [1.54, 1.807) is 24.5 Å². The molecular weight excluding hydrogens is 286 g/mol. The molecule has 100 valence electrons.